The van der Waals surface area contributed by atoms with Gasteiger partial charge in [-0.1, -0.05) is 6.92 Å². The molecule has 0 saturated heterocycles. The van der Waals surface area contributed by atoms with Gasteiger partial charge in [0.15, 0.2) is 0 Å². The number of nitrogens with zero attached hydrogens (tertiary/aromatic N) is 1. The van der Waals surface area contributed by atoms with Gasteiger partial charge in [0.05, 0.1) is 5.92 Å². The molecule has 8 heteroatoms. The fourth-order valence-electron chi connectivity index (χ4n) is 1.77. The second kappa shape index (κ2) is 6.81. The standard InChI is InChI=1S/C12H19F3N2O3/c1-8(10(18)19)3-2-6-16-11(20)17(9-4-5-9)7-12(13,14)15/h8-9H,2-7H2,1H3,(H,16,20)(H,18,19). The molecule has 5 nitrogen and oxygen atoms in total. The first kappa shape index (κ1) is 16.6. The molecule has 1 atom stereocenters. The molecule has 2 N–H and O–H groups in total. The minimum Gasteiger partial charge on any atom is -0.481 e. The number of alkyl halides is 3. The van der Waals surface area contributed by atoms with Crippen molar-refractivity contribution in [1.29, 1.82) is 0 Å². The van der Waals surface area contributed by atoms with E-state index in [9.17, 15) is 22.8 Å². The Kier molecular flexibility index (Phi) is 5.64. The summed E-state index contributed by atoms with van der Waals surface area (Å²) in [5, 5.41) is 11.1. The second-order valence-corrected chi connectivity index (χ2v) is 5.09. The van der Waals surface area contributed by atoms with Crippen LogP contribution in [0.3, 0.4) is 0 Å². The Morgan fingerprint density at radius 2 is 2.00 bits per heavy atom. The van der Waals surface area contributed by atoms with Gasteiger partial charge in [-0.2, -0.15) is 13.2 Å². The Balaban J connectivity index is 2.30. The van der Waals surface area contributed by atoms with Crippen LogP contribution in [0.25, 0.3) is 0 Å². The first-order valence-electron chi connectivity index (χ1n) is 6.54. The first-order valence-corrected chi connectivity index (χ1v) is 6.54. The van der Waals surface area contributed by atoms with Gasteiger partial charge in [-0.05, 0) is 25.7 Å². The maximum absolute atomic E-state index is 12.4. The number of amides is 2. The summed E-state index contributed by atoms with van der Waals surface area (Å²) in [6.45, 7) is 0.483. The summed E-state index contributed by atoms with van der Waals surface area (Å²) in [6.07, 6.45) is -2.42. The lowest BCUT2D eigenvalue weighted by atomic mass is 10.1. The van der Waals surface area contributed by atoms with Crippen molar-refractivity contribution < 1.29 is 27.9 Å². The quantitative estimate of drug-likeness (QED) is 0.708. The molecular formula is C12H19F3N2O3. The molecule has 0 heterocycles. The van der Waals surface area contributed by atoms with Crippen LogP contribution in [-0.4, -0.2) is 47.3 Å². The highest BCUT2D eigenvalue weighted by molar-refractivity contribution is 5.75. The van der Waals surface area contributed by atoms with E-state index in [4.69, 9.17) is 5.11 Å². The predicted molar refractivity (Wildman–Crippen MR) is 65.2 cm³/mol. The molecule has 1 saturated carbocycles. The maximum atomic E-state index is 12.4. The van der Waals surface area contributed by atoms with Gasteiger partial charge in [0, 0.05) is 12.6 Å². The van der Waals surface area contributed by atoms with Crippen molar-refractivity contribution >= 4 is 12.0 Å². The van der Waals surface area contributed by atoms with Crippen LogP contribution >= 0.6 is 0 Å². The van der Waals surface area contributed by atoms with Gasteiger partial charge in [-0.3, -0.25) is 4.79 Å². The zero-order chi connectivity index (χ0) is 15.3. The Bertz CT molecular complexity index is 356. The topological polar surface area (TPSA) is 69.6 Å². The van der Waals surface area contributed by atoms with Crippen molar-refractivity contribution in [3.8, 4) is 0 Å². The van der Waals surface area contributed by atoms with Gasteiger partial charge in [0.1, 0.15) is 6.54 Å². The van der Waals surface area contributed by atoms with Crippen molar-refractivity contribution in [2.75, 3.05) is 13.1 Å². The molecule has 0 aromatic heterocycles. The Hall–Kier alpha value is -1.47. The van der Waals surface area contributed by atoms with Crippen LogP contribution < -0.4 is 5.32 Å². The molecule has 0 radical (unpaired) electrons. The summed E-state index contributed by atoms with van der Waals surface area (Å²) < 4.78 is 37.1. The number of aliphatic carboxylic acids is 1. The van der Waals surface area contributed by atoms with E-state index in [1.54, 1.807) is 6.92 Å². The molecule has 116 valence electrons. The second-order valence-electron chi connectivity index (χ2n) is 5.09. The van der Waals surface area contributed by atoms with Crippen LogP contribution in [0.5, 0.6) is 0 Å². The number of carbonyl (C=O) groups is 2. The molecule has 1 unspecified atom stereocenters. The lowest BCUT2D eigenvalue weighted by Crippen LogP contribution is -2.46. The molecule has 0 aliphatic heterocycles. The summed E-state index contributed by atoms with van der Waals surface area (Å²) in [4.78, 5) is 23.1. The van der Waals surface area contributed by atoms with E-state index in [0.717, 1.165) is 4.90 Å². The fourth-order valence-corrected chi connectivity index (χ4v) is 1.77. The maximum Gasteiger partial charge on any atom is 0.406 e. The Morgan fingerprint density at radius 1 is 1.40 bits per heavy atom. The lowest BCUT2D eigenvalue weighted by Gasteiger charge is -2.24. The highest BCUT2D eigenvalue weighted by Gasteiger charge is 2.40. The summed E-state index contributed by atoms with van der Waals surface area (Å²) in [6, 6.07) is -1.05. The van der Waals surface area contributed by atoms with Crippen LogP contribution in [-0.2, 0) is 4.79 Å². The number of nitrogens with one attached hydrogen (secondary N) is 1. The lowest BCUT2D eigenvalue weighted by molar-refractivity contribution is -0.142. The van der Waals surface area contributed by atoms with Crippen molar-refractivity contribution in [3.05, 3.63) is 0 Å². The monoisotopic (exact) mass is 296 g/mol. The average Bonchev–Trinajstić information content (AvgIpc) is 3.13. The number of rotatable bonds is 7. The number of hydrogen-bond donors (Lipinski definition) is 2. The molecule has 1 rings (SSSR count). The minimum absolute atomic E-state index is 0.178. The van der Waals surface area contributed by atoms with Crippen LogP contribution in [0.1, 0.15) is 32.6 Å². The molecule has 2 amide bonds. The SMILES string of the molecule is CC(CCCNC(=O)N(CC(F)(F)F)C1CC1)C(=O)O. The molecule has 1 fully saturated rings. The zero-order valence-electron chi connectivity index (χ0n) is 11.2. The van der Waals surface area contributed by atoms with E-state index in [0.29, 0.717) is 25.7 Å². The van der Waals surface area contributed by atoms with Crippen LogP contribution in [0, 0.1) is 5.92 Å². The smallest absolute Gasteiger partial charge is 0.406 e. The molecule has 20 heavy (non-hydrogen) atoms. The molecule has 0 spiro atoms. The zero-order valence-corrected chi connectivity index (χ0v) is 11.2. The highest BCUT2D eigenvalue weighted by atomic mass is 19.4. The molecule has 0 aromatic carbocycles. The van der Waals surface area contributed by atoms with E-state index < -0.39 is 30.6 Å². The number of urea groups is 1. The van der Waals surface area contributed by atoms with Crippen molar-refractivity contribution in [2.24, 2.45) is 5.92 Å². The number of hydrogen-bond acceptors (Lipinski definition) is 2. The number of halogens is 3. The van der Waals surface area contributed by atoms with Gasteiger partial charge in [0.2, 0.25) is 0 Å². The normalized spacial score (nSPS) is 16.6. The number of carbonyl (C=O) groups excluding carboxylic acids is 1. The summed E-state index contributed by atoms with van der Waals surface area (Å²) in [7, 11) is 0. The molecular weight excluding hydrogens is 277 g/mol. The third-order valence-corrected chi connectivity index (χ3v) is 3.11. The third kappa shape index (κ3) is 6.12. The van der Waals surface area contributed by atoms with Gasteiger partial charge in [-0.15, -0.1) is 0 Å². The van der Waals surface area contributed by atoms with Gasteiger partial charge in [0.25, 0.3) is 0 Å². The van der Waals surface area contributed by atoms with E-state index in [1.165, 1.54) is 0 Å². The van der Waals surface area contributed by atoms with Crippen LogP contribution in [0.4, 0.5) is 18.0 Å². The van der Waals surface area contributed by atoms with E-state index in [-0.39, 0.29) is 12.6 Å². The van der Waals surface area contributed by atoms with Crippen LogP contribution in [0.15, 0.2) is 0 Å². The van der Waals surface area contributed by atoms with Crippen molar-refractivity contribution in [2.45, 2.75) is 44.8 Å². The Morgan fingerprint density at radius 3 is 2.45 bits per heavy atom. The van der Waals surface area contributed by atoms with E-state index in [1.807, 2.05) is 0 Å². The first-order chi connectivity index (χ1) is 9.20. The predicted octanol–water partition coefficient (Wildman–Crippen LogP) is 2.22. The summed E-state index contributed by atoms with van der Waals surface area (Å²) >= 11 is 0. The third-order valence-electron chi connectivity index (χ3n) is 3.11. The Labute approximate surface area is 115 Å². The molecule has 1 aliphatic carbocycles. The van der Waals surface area contributed by atoms with Crippen LogP contribution in [0.2, 0.25) is 0 Å². The van der Waals surface area contributed by atoms with Crippen molar-refractivity contribution in [3.63, 3.8) is 0 Å². The fraction of sp³-hybridized carbons (Fsp3) is 0.833. The molecule has 1 aliphatic rings. The molecule has 0 bridgehead atoms. The minimum atomic E-state index is -4.41. The van der Waals surface area contributed by atoms with Gasteiger partial charge < -0.3 is 15.3 Å². The largest absolute Gasteiger partial charge is 0.481 e. The van der Waals surface area contributed by atoms with Crippen molar-refractivity contribution in [1.82, 2.24) is 10.2 Å². The average molecular weight is 296 g/mol. The van der Waals surface area contributed by atoms with E-state index in [2.05, 4.69) is 5.32 Å². The number of carboxylic acid groups (broad SMARTS) is 1. The van der Waals surface area contributed by atoms with Gasteiger partial charge in [-0.25, -0.2) is 4.79 Å². The van der Waals surface area contributed by atoms with E-state index >= 15 is 0 Å². The summed E-state index contributed by atoms with van der Waals surface area (Å²) in [5.74, 6) is -1.45. The van der Waals surface area contributed by atoms with Gasteiger partial charge >= 0.3 is 18.2 Å². The number of carboxylic acids is 1. The summed E-state index contributed by atoms with van der Waals surface area (Å²) in [5.41, 5.74) is 0. The highest BCUT2D eigenvalue weighted by Crippen LogP contribution is 2.30. The molecule has 0 aromatic rings.